The molecule has 2 aromatic rings. The molecule has 0 atom stereocenters. The van der Waals surface area contributed by atoms with E-state index in [1.165, 1.54) is 11.3 Å². The fraction of sp³-hybridized carbons (Fsp3) is 0.500. The van der Waals surface area contributed by atoms with Gasteiger partial charge in [0.2, 0.25) is 4.96 Å². The Morgan fingerprint density at radius 3 is 2.82 bits per heavy atom. The molecule has 0 saturated heterocycles. The second-order valence-electron chi connectivity index (χ2n) is 1.68. The van der Waals surface area contributed by atoms with Gasteiger partial charge in [-0.15, -0.1) is 10.2 Å². The Morgan fingerprint density at radius 2 is 2.18 bits per heavy atom. The lowest BCUT2D eigenvalue weighted by molar-refractivity contribution is 0.931. The van der Waals surface area contributed by atoms with Gasteiger partial charge < -0.3 is 0 Å². The molecule has 0 aromatic carbocycles. The van der Waals surface area contributed by atoms with Crippen LogP contribution in [-0.2, 0) is 0 Å². The lowest BCUT2D eigenvalue weighted by Gasteiger charge is -1.70. The van der Waals surface area contributed by atoms with Crippen LogP contribution in [-0.4, -0.2) is 19.8 Å². The van der Waals surface area contributed by atoms with Crippen molar-refractivity contribution in [1.82, 2.24) is 19.8 Å². The molecule has 4 nitrogen and oxygen atoms in total. The summed E-state index contributed by atoms with van der Waals surface area (Å²) in [5, 5.41) is 12.6. The Morgan fingerprint density at radius 1 is 1.45 bits per heavy atom. The van der Waals surface area contributed by atoms with Crippen molar-refractivity contribution in [3.63, 3.8) is 0 Å². The van der Waals surface area contributed by atoms with Crippen molar-refractivity contribution >= 4 is 16.3 Å². The number of nitrogens with zero attached hydrogens (tertiary/aromatic N) is 4. The summed E-state index contributed by atoms with van der Waals surface area (Å²) in [7, 11) is 0. The van der Waals surface area contributed by atoms with E-state index >= 15 is 0 Å². The van der Waals surface area contributed by atoms with Gasteiger partial charge in [-0.05, 0) is 6.92 Å². The van der Waals surface area contributed by atoms with Crippen LogP contribution in [0.5, 0.6) is 0 Å². The first-order valence-corrected chi connectivity index (χ1v) is 4.31. The van der Waals surface area contributed by atoms with Crippen molar-refractivity contribution < 1.29 is 0 Å². The summed E-state index contributed by atoms with van der Waals surface area (Å²) in [4.78, 5) is 0.854. The lowest BCUT2D eigenvalue weighted by atomic mass is 10.9. The molecule has 11 heavy (non-hydrogen) atoms. The predicted octanol–water partition coefficient (Wildman–Crippen LogP) is 1.52. The summed E-state index contributed by atoms with van der Waals surface area (Å²) in [5.41, 5.74) is 0. The van der Waals surface area contributed by atoms with Crippen LogP contribution in [0, 0.1) is 6.92 Å². The third-order valence-electron chi connectivity index (χ3n) is 0.988. The average Bonchev–Trinajstić information content (AvgIpc) is 2.51. The van der Waals surface area contributed by atoms with Crippen LogP contribution in [0.15, 0.2) is 6.33 Å². The van der Waals surface area contributed by atoms with Gasteiger partial charge in [-0.1, -0.05) is 25.2 Å². The normalized spacial score (nSPS) is 9.36. The molecule has 5 heteroatoms. The molecule has 0 saturated carbocycles. The molecule has 0 unspecified atom stereocenters. The van der Waals surface area contributed by atoms with Crippen molar-refractivity contribution in [1.29, 1.82) is 0 Å². The van der Waals surface area contributed by atoms with Gasteiger partial charge in [0.25, 0.3) is 0 Å². The first-order valence-electron chi connectivity index (χ1n) is 3.50. The highest BCUT2D eigenvalue weighted by Gasteiger charge is 1.97. The summed E-state index contributed by atoms with van der Waals surface area (Å²) < 4.78 is 1.67. The molecule has 0 amide bonds. The molecule has 0 aliphatic heterocycles. The fourth-order valence-corrected chi connectivity index (χ4v) is 1.32. The van der Waals surface area contributed by atoms with Crippen molar-refractivity contribution in [2.24, 2.45) is 0 Å². The van der Waals surface area contributed by atoms with Gasteiger partial charge in [0.05, 0.1) is 0 Å². The molecular formula is C6H10N4S. The summed E-state index contributed by atoms with van der Waals surface area (Å²) in [6.07, 6.45) is 1.60. The third kappa shape index (κ3) is 1.54. The summed E-state index contributed by atoms with van der Waals surface area (Å²) in [6.45, 7) is 5.94. The van der Waals surface area contributed by atoms with Gasteiger partial charge in [-0.3, -0.25) is 0 Å². The Balaban J connectivity index is 0.000000281. The van der Waals surface area contributed by atoms with Crippen molar-refractivity contribution in [2.45, 2.75) is 20.8 Å². The van der Waals surface area contributed by atoms with Gasteiger partial charge in [0.1, 0.15) is 11.3 Å². The standard InChI is InChI=1S/C4H4N4S.C2H6/c1-3-7-8-2-5-6-4(8)9-3;1-2/h2H,1H3;1-2H3. The van der Waals surface area contributed by atoms with E-state index in [9.17, 15) is 0 Å². The second-order valence-corrected chi connectivity index (χ2v) is 2.84. The highest BCUT2D eigenvalue weighted by atomic mass is 32.1. The van der Waals surface area contributed by atoms with Crippen molar-refractivity contribution in [2.75, 3.05) is 0 Å². The molecule has 2 heterocycles. The molecule has 0 spiro atoms. The van der Waals surface area contributed by atoms with Gasteiger partial charge in [0.15, 0.2) is 0 Å². The highest BCUT2D eigenvalue weighted by molar-refractivity contribution is 7.16. The van der Waals surface area contributed by atoms with Crippen LogP contribution < -0.4 is 0 Å². The van der Waals surface area contributed by atoms with Gasteiger partial charge in [-0.2, -0.15) is 9.61 Å². The Hall–Kier alpha value is -0.970. The molecule has 0 bridgehead atoms. The van der Waals surface area contributed by atoms with Gasteiger partial charge in [-0.25, -0.2) is 0 Å². The van der Waals surface area contributed by atoms with Gasteiger partial charge >= 0.3 is 0 Å². The molecule has 2 aromatic heterocycles. The van der Waals surface area contributed by atoms with Crippen LogP contribution in [0.25, 0.3) is 4.96 Å². The predicted molar refractivity (Wildman–Crippen MR) is 44.7 cm³/mol. The van der Waals surface area contributed by atoms with E-state index in [-0.39, 0.29) is 0 Å². The van der Waals surface area contributed by atoms with Crippen molar-refractivity contribution in [3.8, 4) is 0 Å². The first kappa shape index (κ1) is 8.13. The summed E-state index contributed by atoms with van der Waals surface area (Å²) in [5.74, 6) is 0. The van der Waals surface area contributed by atoms with E-state index in [1.54, 1.807) is 10.8 Å². The Labute approximate surface area is 68.9 Å². The monoisotopic (exact) mass is 170 g/mol. The van der Waals surface area contributed by atoms with Crippen molar-refractivity contribution in [3.05, 3.63) is 11.3 Å². The van der Waals surface area contributed by atoms with E-state index in [2.05, 4.69) is 15.3 Å². The smallest absolute Gasteiger partial charge is 0.191 e. The number of hydrogen-bond donors (Lipinski definition) is 0. The average molecular weight is 170 g/mol. The SMILES string of the molecule is CC.Cc1nn2cnnc2s1. The Bertz CT molecular complexity index is 295. The number of aromatic nitrogens is 4. The van der Waals surface area contributed by atoms with Crippen LogP contribution in [0.1, 0.15) is 18.9 Å². The van der Waals surface area contributed by atoms with Crippen LogP contribution in [0.2, 0.25) is 0 Å². The quantitative estimate of drug-likeness (QED) is 0.602. The van der Waals surface area contributed by atoms with E-state index < -0.39 is 0 Å². The minimum Gasteiger partial charge on any atom is -0.191 e. The highest BCUT2D eigenvalue weighted by Crippen LogP contribution is 2.08. The lowest BCUT2D eigenvalue weighted by Crippen LogP contribution is -1.78. The molecule has 0 fully saturated rings. The number of rotatable bonds is 0. The zero-order valence-corrected chi connectivity index (χ0v) is 7.59. The minimum atomic E-state index is 0.854. The van der Waals surface area contributed by atoms with Crippen LogP contribution in [0.4, 0.5) is 0 Å². The molecule has 2 rings (SSSR count). The van der Waals surface area contributed by atoms with E-state index in [4.69, 9.17) is 0 Å². The zero-order chi connectivity index (χ0) is 8.27. The molecule has 0 N–H and O–H groups in total. The molecule has 0 aliphatic rings. The Kier molecular flexibility index (Phi) is 2.53. The molecular weight excluding hydrogens is 160 g/mol. The summed E-state index contributed by atoms with van der Waals surface area (Å²) in [6, 6.07) is 0. The van der Waals surface area contributed by atoms with E-state index in [1.807, 2.05) is 20.8 Å². The maximum atomic E-state index is 4.08. The largest absolute Gasteiger partial charge is 0.234 e. The van der Waals surface area contributed by atoms with E-state index in [0.29, 0.717) is 0 Å². The number of hydrogen-bond acceptors (Lipinski definition) is 4. The number of fused-ring (bicyclic) bond motifs is 1. The fourth-order valence-electron chi connectivity index (χ4n) is 0.659. The summed E-state index contributed by atoms with van der Waals surface area (Å²) >= 11 is 1.54. The third-order valence-corrected chi connectivity index (χ3v) is 1.82. The number of aryl methyl sites for hydroxylation is 1. The second kappa shape index (κ2) is 3.43. The van der Waals surface area contributed by atoms with Crippen LogP contribution in [0.3, 0.4) is 0 Å². The zero-order valence-electron chi connectivity index (χ0n) is 6.77. The first-order chi connectivity index (χ1) is 5.36. The molecule has 60 valence electrons. The van der Waals surface area contributed by atoms with Crippen LogP contribution >= 0.6 is 11.3 Å². The maximum Gasteiger partial charge on any atom is 0.234 e. The molecule has 0 radical (unpaired) electrons. The minimum absolute atomic E-state index is 0.854. The van der Waals surface area contributed by atoms with Gasteiger partial charge in [0, 0.05) is 0 Å². The topological polar surface area (TPSA) is 43.1 Å². The van der Waals surface area contributed by atoms with E-state index in [0.717, 1.165) is 9.97 Å². The molecule has 0 aliphatic carbocycles. The maximum absolute atomic E-state index is 4.08.